The van der Waals surface area contributed by atoms with Crippen molar-refractivity contribution in [3.8, 4) is 11.8 Å². The van der Waals surface area contributed by atoms with Gasteiger partial charge in [-0.2, -0.15) is 27.7 Å². The molecule has 0 aromatic rings. The van der Waals surface area contributed by atoms with Crippen molar-refractivity contribution in [3.05, 3.63) is 37.1 Å². The third-order valence-corrected chi connectivity index (χ3v) is 2.35. The minimum Gasteiger partial charge on any atom is -0.346 e. The Balaban J connectivity index is -0.0000000468. The fourth-order valence-corrected chi connectivity index (χ4v) is 1.30. The van der Waals surface area contributed by atoms with Crippen molar-refractivity contribution in [2.75, 3.05) is 0 Å². The van der Waals surface area contributed by atoms with Gasteiger partial charge < -0.3 is 12.8 Å². The van der Waals surface area contributed by atoms with Gasteiger partial charge in [-0.1, -0.05) is 128 Å². The van der Waals surface area contributed by atoms with E-state index in [-0.39, 0.29) is 45.6 Å². The molecule has 0 heterocycles. The van der Waals surface area contributed by atoms with E-state index in [0.29, 0.717) is 16.2 Å². The molecule has 37 heavy (non-hydrogen) atoms. The molecule has 0 aromatic carbocycles. The van der Waals surface area contributed by atoms with Crippen molar-refractivity contribution in [2.24, 2.45) is 21.7 Å². The Morgan fingerprint density at radius 1 is 0.622 bits per heavy atom. The van der Waals surface area contributed by atoms with Crippen LogP contribution in [0, 0.1) is 46.3 Å². The van der Waals surface area contributed by atoms with E-state index in [1.165, 1.54) is 5.92 Å². The first-order chi connectivity index (χ1) is 15.4. The van der Waals surface area contributed by atoms with Gasteiger partial charge in [0.05, 0.1) is 0 Å². The van der Waals surface area contributed by atoms with E-state index < -0.39 is 0 Å². The molecule has 0 unspecified atom stereocenters. The van der Waals surface area contributed by atoms with Crippen molar-refractivity contribution in [1.82, 2.24) is 0 Å². The smallest absolute Gasteiger partial charge is 0.0230 e. The maximum Gasteiger partial charge on any atom is 0.0230 e. The predicted molar refractivity (Wildman–Crippen MR) is 178 cm³/mol. The Bertz CT molecular complexity index is 462. The zero-order valence-corrected chi connectivity index (χ0v) is 32.1. The number of rotatable bonds is 2. The molecule has 0 aliphatic rings. The van der Waals surface area contributed by atoms with E-state index in [4.69, 9.17) is 0 Å². The van der Waals surface area contributed by atoms with Crippen molar-refractivity contribution < 1.29 is 32.7 Å². The Kier molecular flexibility index (Phi) is 52.8. The molecule has 0 fully saturated rings. The van der Waals surface area contributed by atoms with Gasteiger partial charge in [-0.25, -0.2) is 0 Å². The van der Waals surface area contributed by atoms with Crippen molar-refractivity contribution >= 4 is 0 Å². The van der Waals surface area contributed by atoms with E-state index in [9.17, 15) is 0 Å². The molecular formula is C36H76Y-2. The van der Waals surface area contributed by atoms with Gasteiger partial charge in [0.15, 0.2) is 0 Å². The molecule has 1 heteroatoms. The third-order valence-electron chi connectivity index (χ3n) is 2.35. The first-order valence-corrected chi connectivity index (χ1v) is 13.7. The standard InChI is InChI=1S/2C8H16.C8H14.C5H12.C4H9.C2H5.CH4.Y/c3*1-5-6-7-8(2,3)4;1-5(2,3)4;1-4(2)3;1-2;;/h2*6-7H,5H2,1-4H3;5H2,1-4H3;1-4H3;1-3H3;1H2,2H3;1H4;/q;;;;2*-1;;/b7-6+;7-6-;;;;;;. The fourth-order valence-electron chi connectivity index (χ4n) is 1.30. The summed E-state index contributed by atoms with van der Waals surface area (Å²) in [5.74, 6) is 7.58. The Morgan fingerprint density at radius 2 is 0.838 bits per heavy atom. The summed E-state index contributed by atoms with van der Waals surface area (Å²) in [5.41, 5.74) is 1.43. The molecular weight excluding hydrogens is 521 g/mol. The van der Waals surface area contributed by atoms with Gasteiger partial charge in [-0.15, -0.1) is 5.92 Å². The summed E-state index contributed by atoms with van der Waals surface area (Å²) >= 11 is 0. The van der Waals surface area contributed by atoms with Gasteiger partial charge in [0.25, 0.3) is 0 Å². The Morgan fingerprint density at radius 3 is 0.892 bits per heavy atom. The van der Waals surface area contributed by atoms with Crippen LogP contribution in [0.25, 0.3) is 0 Å². The van der Waals surface area contributed by atoms with Crippen LogP contribution in [0.15, 0.2) is 24.3 Å². The first-order valence-electron chi connectivity index (χ1n) is 13.7. The van der Waals surface area contributed by atoms with Crippen LogP contribution >= 0.6 is 0 Å². The van der Waals surface area contributed by atoms with E-state index in [1.807, 2.05) is 0 Å². The van der Waals surface area contributed by atoms with Crippen LogP contribution in [0.3, 0.4) is 0 Å². The number of allylic oxidation sites excluding steroid dienone is 4. The summed E-state index contributed by atoms with van der Waals surface area (Å²) in [4.78, 5) is 0. The van der Waals surface area contributed by atoms with E-state index in [0.717, 1.165) is 19.3 Å². The predicted octanol–water partition coefficient (Wildman–Crippen LogP) is 13.6. The maximum atomic E-state index is 3.25. The summed E-state index contributed by atoms with van der Waals surface area (Å²) in [6, 6.07) is 0. The normalized spacial score (nSPS) is 10.5. The topological polar surface area (TPSA) is 0 Å². The second kappa shape index (κ2) is 34.2. The molecule has 0 rings (SSSR count). The van der Waals surface area contributed by atoms with E-state index >= 15 is 0 Å². The summed E-state index contributed by atoms with van der Waals surface area (Å²) in [7, 11) is 0. The summed E-state index contributed by atoms with van der Waals surface area (Å²) in [6.07, 6.45) is 12.2. The molecule has 0 atom stereocenters. The van der Waals surface area contributed by atoms with Crippen LogP contribution < -0.4 is 0 Å². The van der Waals surface area contributed by atoms with Gasteiger partial charge in [0.2, 0.25) is 0 Å². The SMILES string of the molecule is C.CC(C)(C)C.CC/C=C/C(C)(C)C.CC/C=C\C(C)(C)C.CCC#CC(C)(C)C.C[C-](C)C.[CH2-]C.[Y]. The second-order valence-corrected chi connectivity index (χ2v) is 13.8. The van der Waals surface area contributed by atoms with Crippen LogP contribution in [0.5, 0.6) is 0 Å². The largest absolute Gasteiger partial charge is 0.346 e. The van der Waals surface area contributed by atoms with E-state index in [2.05, 4.69) is 175 Å². The molecule has 0 aliphatic heterocycles. The molecule has 0 nitrogen and oxygen atoms in total. The van der Waals surface area contributed by atoms with Crippen molar-refractivity contribution in [2.45, 2.75) is 165 Å². The molecule has 1 radical (unpaired) electrons. The molecule has 0 aromatic heterocycles. The van der Waals surface area contributed by atoms with Gasteiger partial charge in [0.1, 0.15) is 0 Å². The maximum absolute atomic E-state index is 3.25. The first kappa shape index (κ1) is 57.1. The fraction of sp³-hybridized carbons (Fsp3) is 0.778. The van der Waals surface area contributed by atoms with Crippen LogP contribution in [-0.4, -0.2) is 0 Å². The Hall–Kier alpha value is 0.144. The molecule has 0 aliphatic carbocycles. The zero-order valence-electron chi connectivity index (χ0n) is 29.2. The number of hydrogen-bond acceptors (Lipinski definition) is 0. The minimum atomic E-state index is 0. The second-order valence-electron chi connectivity index (χ2n) is 13.8. The number of hydrogen-bond donors (Lipinski definition) is 0. The molecule has 0 N–H and O–H groups in total. The average molecular weight is 598 g/mol. The molecule has 0 amide bonds. The van der Waals surface area contributed by atoms with Crippen LogP contribution in [0.1, 0.15) is 165 Å². The molecule has 0 saturated carbocycles. The monoisotopic (exact) mass is 598 g/mol. The van der Waals surface area contributed by atoms with Gasteiger partial charge in [-0.3, -0.25) is 0 Å². The quantitative estimate of drug-likeness (QED) is 0.169. The van der Waals surface area contributed by atoms with E-state index in [1.54, 1.807) is 6.92 Å². The van der Waals surface area contributed by atoms with Crippen LogP contribution in [0.4, 0.5) is 0 Å². The molecule has 225 valence electrons. The molecule has 0 bridgehead atoms. The molecule has 0 spiro atoms. The van der Waals surface area contributed by atoms with Gasteiger partial charge >= 0.3 is 0 Å². The van der Waals surface area contributed by atoms with Crippen molar-refractivity contribution in [3.63, 3.8) is 0 Å². The van der Waals surface area contributed by atoms with Gasteiger partial charge in [0, 0.05) is 44.5 Å². The van der Waals surface area contributed by atoms with Gasteiger partial charge in [-0.05, 0) is 49.9 Å². The summed E-state index contributed by atoms with van der Waals surface area (Å²) < 4.78 is 0. The third kappa shape index (κ3) is 184. The molecule has 0 saturated heterocycles. The summed E-state index contributed by atoms with van der Waals surface area (Å²) in [5, 5.41) is 0. The average Bonchev–Trinajstić information content (AvgIpc) is 2.62. The van der Waals surface area contributed by atoms with Crippen molar-refractivity contribution in [1.29, 1.82) is 0 Å². The van der Waals surface area contributed by atoms with Crippen LogP contribution in [0.2, 0.25) is 0 Å². The minimum absolute atomic E-state index is 0. The summed E-state index contributed by atoms with van der Waals surface area (Å²) in [6.45, 7) is 46.0. The zero-order chi connectivity index (χ0) is 29.9. The van der Waals surface area contributed by atoms with Crippen LogP contribution in [-0.2, 0) is 32.7 Å². The Labute approximate surface area is 267 Å².